The van der Waals surface area contributed by atoms with Gasteiger partial charge in [-0.15, -0.1) is 0 Å². The fourth-order valence-corrected chi connectivity index (χ4v) is 1.88. The summed E-state index contributed by atoms with van der Waals surface area (Å²) < 4.78 is 6.06. The first-order valence-corrected chi connectivity index (χ1v) is 6.27. The summed E-state index contributed by atoms with van der Waals surface area (Å²) in [6.45, 7) is 0.262. The van der Waals surface area contributed by atoms with Crippen LogP contribution < -0.4 is 10.5 Å². The Morgan fingerprint density at radius 1 is 1.26 bits per heavy atom. The molecule has 0 amide bonds. The molecule has 5 nitrogen and oxygen atoms in total. The van der Waals surface area contributed by atoms with Gasteiger partial charge in [0.2, 0.25) is 0 Å². The van der Waals surface area contributed by atoms with Crippen molar-refractivity contribution in [2.24, 2.45) is 0 Å². The number of nitro benzene ring substituents is 1. The van der Waals surface area contributed by atoms with Crippen LogP contribution in [0, 0.1) is 10.1 Å². The number of hydrogen-bond donors (Lipinski definition) is 1. The third-order valence-corrected chi connectivity index (χ3v) is 3.20. The van der Waals surface area contributed by atoms with E-state index in [-0.39, 0.29) is 18.0 Å². The van der Waals surface area contributed by atoms with Crippen LogP contribution in [0.25, 0.3) is 0 Å². The third-order valence-electron chi connectivity index (χ3n) is 2.51. The Labute approximate surface area is 118 Å². The number of nitrogen functional groups attached to an aromatic ring is 1. The van der Waals surface area contributed by atoms with E-state index in [9.17, 15) is 10.1 Å². The number of halogens is 1. The monoisotopic (exact) mass is 322 g/mol. The van der Waals surface area contributed by atoms with Gasteiger partial charge >= 0.3 is 5.69 Å². The van der Waals surface area contributed by atoms with Gasteiger partial charge in [0.25, 0.3) is 0 Å². The second kappa shape index (κ2) is 5.71. The van der Waals surface area contributed by atoms with E-state index >= 15 is 0 Å². The van der Waals surface area contributed by atoms with Gasteiger partial charge in [0.05, 0.1) is 10.6 Å². The number of hydrogen-bond acceptors (Lipinski definition) is 4. The molecular weight excluding hydrogens is 312 g/mol. The van der Waals surface area contributed by atoms with Crippen LogP contribution >= 0.6 is 15.9 Å². The lowest BCUT2D eigenvalue weighted by atomic mass is 10.2. The highest BCUT2D eigenvalue weighted by Crippen LogP contribution is 2.35. The first-order valence-electron chi connectivity index (χ1n) is 5.48. The van der Waals surface area contributed by atoms with Crippen molar-refractivity contribution in [3.63, 3.8) is 0 Å². The molecule has 0 aliphatic carbocycles. The van der Waals surface area contributed by atoms with Crippen LogP contribution in [0.1, 0.15) is 5.56 Å². The molecule has 19 heavy (non-hydrogen) atoms. The van der Waals surface area contributed by atoms with E-state index in [1.807, 2.05) is 30.3 Å². The summed E-state index contributed by atoms with van der Waals surface area (Å²) >= 11 is 3.23. The molecule has 0 aliphatic rings. The lowest BCUT2D eigenvalue weighted by Gasteiger charge is -2.08. The maximum atomic E-state index is 11.0. The van der Waals surface area contributed by atoms with Crippen LogP contribution in [0.4, 0.5) is 11.4 Å². The number of benzene rings is 2. The molecule has 0 heterocycles. The maximum Gasteiger partial charge on any atom is 0.313 e. The van der Waals surface area contributed by atoms with Gasteiger partial charge in [0, 0.05) is 16.6 Å². The topological polar surface area (TPSA) is 78.4 Å². The quantitative estimate of drug-likeness (QED) is 0.530. The predicted molar refractivity (Wildman–Crippen MR) is 76.0 cm³/mol. The first kappa shape index (κ1) is 13.4. The predicted octanol–water partition coefficient (Wildman–Crippen LogP) is 3.52. The summed E-state index contributed by atoms with van der Waals surface area (Å²) in [5.41, 5.74) is 6.73. The number of nitrogens with two attached hydrogens (primary N) is 1. The van der Waals surface area contributed by atoms with Crippen molar-refractivity contribution < 1.29 is 9.66 Å². The molecular formula is C13H11BrN2O3. The van der Waals surface area contributed by atoms with E-state index in [4.69, 9.17) is 10.5 Å². The van der Waals surface area contributed by atoms with Gasteiger partial charge in [-0.05, 0) is 21.5 Å². The van der Waals surface area contributed by atoms with Crippen LogP contribution in [0.3, 0.4) is 0 Å². The molecule has 2 N–H and O–H groups in total. The van der Waals surface area contributed by atoms with E-state index in [0.717, 1.165) is 5.56 Å². The molecule has 0 spiro atoms. The molecule has 2 rings (SSSR count). The Morgan fingerprint density at radius 2 is 1.95 bits per heavy atom. The Hall–Kier alpha value is -2.08. The zero-order valence-corrected chi connectivity index (χ0v) is 11.5. The minimum absolute atomic E-state index is 0.142. The first-order chi connectivity index (χ1) is 9.08. The molecule has 6 heteroatoms. The second-order valence-electron chi connectivity index (χ2n) is 3.87. The molecule has 0 fully saturated rings. The van der Waals surface area contributed by atoms with Crippen molar-refractivity contribution in [3.05, 3.63) is 62.6 Å². The van der Waals surface area contributed by atoms with Crippen LogP contribution in [-0.2, 0) is 6.61 Å². The normalized spacial score (nSPS) is 10.2. The van der Waals surface area contributed by atoms with Crippen molar-refractivity contribution in [2.45, 2.75) is 6.61 Å². The lowest BCUT2D eigenvalue weighted by molar-refractivity contribution is -0.385. The van der Waals surface area contributed by atoms with E-state index in [1.54, 1.807) is 0 Å². The summed E-state index contributed by atoms with van der Waals surface area (Å²) in [6, 6.07) is 12.2. The van der Waals surface area contributed by atoms with E-state index in [0.29, 0.717) is 10.2 Å². The Morgan fingerprint density at radius 3 is 2.58 bits per heavy atom. The van der Waals surface area contributed by atoms with Crippen LogP contribution in [-0.4, -0.2) is 4.92 Å². The summed E-state index contributed by atoms with van der Waals surface area (Å²) in [4.78, 5) is 10.4. The van der Waals surface area contributed by atoms with Crippen LogP contribution in [0.2, 0.25) is 0 Å². The molecule has 0 radical (unpaired) electrons. The fraction of sp³-hybridized carbons (Fsp3) is 0.0769. The average Bonchev–Trinajstić information content (AvgIpc) is 2.40. The highest BCUT2D eigenvalue weighted by Gasteiger charge is 2.17. The smallest absolute Gasteiger partial charge is 0.313 e. The van der Waals surface area contributed by atoms with Crippen molar-refractivity contribution >= 4 is 27.3 Å². The minimum Gasteiger partial charge on any atom is -0.482 e. The van der Waals surface area contributed by atoms with Gasteiger partial charge < -0.3 is 10.5 Å². The summed E-state index contributed by atoms with van der Waals surface area (Å²) in [5, 5.41) is 11.0. The van der Waals surface area contributed by atoms with Crippen molar-refractivity contribution in [2.75, 3.05) is 5.73 Å². The molecule has 98 valence electrons. The fourth-order valence-electron chi connectivity index (χ4n) is 1.55. The largest absolute Gasteiger partial charge is 0.482 e. The minimum atomic E-state index is -0.511. The number of nitro groups is 1. The van der Waals surface area contributed by atoms with Gasteiger partial charge in [-0.3, -0.25) is 10.1 Å². The Balaban J connectivity index is 2.24. The zero-order chi connectivity index (χ0) is 13.8. The number of rotatable bonds is 4. The highest BCUT2D eigenvalue weighted by atomic mass is 79.9. The molecule has 0 atom stereocenters. The summed E-state index contributed by atoms with van der Waals surface area (Å²) in [7, 11) is 0. The summed E-state index contributed by atoms with van der Waals surface area (Å²) in [5.74, 6) is 0.190. The van der Waals surface area contributed by atoms with Crippen LogP contribution in [0.5, 0.6) is 5.75 Å². The third kappa shape index (κ3) is 3.23. The molecule has 0 aromatic heterocycles. The van der Waals surface area contributed by atoms with Gasteiger partial charge in [-0.2, -0.15) is 0 Å². The SMILES string of the molecule is Nc1cc([N+](=O)[O-])c(OCc2ccccc2)cc1Br. The van der Waals surface area contributed by atoms with E-state index in [2.05, 4.69) is 15.9 Å². The zero-order valence-electron chi connectivity index (χ0n) is 9.88. The van der Waals surface area contributed by atoms with Crippen LogP contribution in [0.15, 0.2) is 46.9 Å². The molecule has 0 bridgehead atoms. The standard InChI is InChI=1S/C13H11BrN2O3/c14-10-6-13(12(16(17)18)7-11(10)15)19-8-9-4-2-1-3-5-9/h1-7H,8,15H2. The Bertz CT molecular complexity index is 602. The number of anilines is 1. The Kier molecular flexibility index (Phi) is 4.01. The second-order valence-corrected chi connectivity index (χ2v) is 4.73. The van der Waals surface area contributed by atoms with Crippen molar-refractivity contribution in [1.82, 2.24) is 0 Å². The van der Waals surface area contributed by atoms with Gasteiger partial charge in [-0.1, -0.05) is 30.3 Å². The van der Waals surface area contributed by atoms with Gasteiger partial charge in [0.1, 0.15) is 6.61 Å². The van der Waals surface area contributed by atoms with Gasteiger partial charge in [0.15, 0.2) is 5.75 Å². The van der Waals surface area contributed by atoms with E-state index in [1.165, 1.54) is 12.1 Å². The molecule has 0 unspecified atom stereocenters. The number of nitrogens with zero attached hydrogens (tertiary/aromatic N) is 1. The van der Waals surface area contributed by atoms with E-state index < -0.39 is 4.92 Å². The molecule has 0 aliphatic heterocycles. The number of ether oxygens (including phenoxy) is 1. The van der Waals surface area contributed by atoms with Crippen molar-refractivity contribution in [1.29, 1.82) is 0 Å². The maximum absolute atomic E-state index is 11.0. The lowest BCUT2D eigenvalue weighted by Crippen LogP contribution is -2.00. The van der Waals surface area contributed by atoms with Crippen molar-refractivity contribution in [3.8, 4) is 5.75 Å². The molecule has 0 saturated carbocycles. The van der Waals surface area contributed by atoms with Gasteiger partial charge in [-0.25, -0.2) is 0 Å². The molecule has 0 saturated heterocycles. The molecule has 2 aromatic carbocycles. The average molecular weight is 323 g/mol. The summed E-state index contributed by atoms with van der Waals surface area (Å²) in [6.07, 6.45) is 0. The highest BCUT2D eigenvalue weighted by molar-refractivity contribution is 9.10. The molecule has 2 aromatic rings.